The van der Waals surface area contributed by atoms with Gasteiger partial charge in [0.1, 0.15) is 5.69 Å². The molecule has 0 heterocycles. The van der Waals surface area contributed by atoms with Crippen molar-refractivity contribution in [2.75, 3.05) is 11.5 Å². The molecule has 2 N–H and O–H groups in total. The molecule has 78 valence electrons. The molecule has 4 nitrogen and oxygen atoms in total. The van der Waals surface area contributed by atoms with Crippen LogP contribution in [0.15, 0.2) is 12.1 Å². The normalized spacial score (nSPS) is 9.20. The lowest BCUT2D eigenvalue weighted by Crippen LogP contribution is -1.99. The Bertz CT molecular complexity index is 460. The number of hydrogen-bond acceptors (Lipinski definition) is 4. The van der Waals surface area contributed by atoms with E-state index in [4.69, 9.17) is 5.73 Å². The van der Waals surface area contributed by atoms with E-state index in [2.05, 4.69) is 24.5 Å². The van der Waals surface area contributed by atoms with Crippen molar-refractivity contribution < 1.29 is 4.92 Å². The monoisotopic (exact) mass is 222 g/mol. The van der Waals surface area contributed by atoms with E-state index in [1.165, 1.54) is 6.07 Å². The van der Waals surface area contributed by atoms with Crippen molar-refractivity contribution in [1.29, 1.82) is 0 Å². The SMILES string of the molecule is Cc1cc(C#CCS)c(N)c([N+](=O)[O-])c1. The second-order valence-corrected chi connectivity index (χ2v) is 3.28. The van der Waals surface area contributed by atoms with Crippen LogP contribution in [0.1, 0.15) is 11.1 Å². The highest BCUT2D eigenvalue weighted by molar-refractivity contribution is 7.80. The summed E-state index contributed by atoms with van der Waals surface area (Å²) in [4.78, 5) is 10.2. The average Bonchev–Trinajstić information content (AvgIpc) is 2.18. The number of nitro groups is 1. The first-order valence-corrected chi connectivity index (χ1v) is 4.83. The van der Waals surface area contributed by atoms with Crippen LogP contribution >= 0.6 is 12.6 Å². The van der Waals surface area contributed by atoms with Crippen molar-refractivity contribution in [3.8, 4) is 11.8 Å². The third-order valence-electron chi connectivity index (χ3n) is 1.80. The van der Waals surface area contributed by atoms with Crippen molar-refractivity contribution in [1.82, 2.24) is 0 Å². The first-order valence-electron chi connectivity index (χ1n) is 4.20. The van der Waals surface area contributed by atoms with Gasteiger partial charge in [0.05, 0.1) is 16.2 Å². The standard InChI is InChI=1S/C10H10N2O2S/c1-7-5-8(3-2-4-15)10(11)9(6-7)12(13)14/h5-6,15H,4,11H2,1H3. The van der Waals surface area contributed by atoms with Gasteiger partial charge in [-0.25, -0.2) is 0 Å². The number of nitro benzene ring substituents is 1. The third-order valence-corrected chi connectivity index (χ3v) is 1.96. The van der Waals surface area contributed by atoms with Gasteiger partial charge in [-0.15, -0.1) is 0 Å². The number of anilines is 1. The maximum Gasteiger partial charge on any atom is 0.293 e. The van der Waals surface area contributed by atoms with Crippen molar-refractivity contribution in [2.45, 2.75) is 6.92 Å². The van der Waals surface area contributed by atoms with Crippen LogP contribution in [0.4, 0.5) is 11.4 Å². The number of aryl methyl sites for hydroxylation is 1. The lowest BCUT2D eigenvalue weighted by molar-refractivity contribution is -0.383. The third kappa shape index (κ3) is 2.64. The quantitative estimate of drug-likeness (QED) is 0.250. The van der Waals surface area contributed by atoms with Crippen LogP contribution in [0.25, 0.3) is 0 Å². The van der Waals surface area contributed by atoms with E-state index >= 15 is 0 Å². The average molecular weight is 222 g/mol. The minimum Gasteiger partial charge on any atom is -0.392 e. The highest BCUT2D eigenvalue weighted by atomic mass is 32.1. The van der Waals surface area contributed by atoms with E-state index < -0.39 is 4.92 Å². The van der Waals surface area contributed by atoms with E-state index in [1.807, 2.05) is 0 Å². The summed E-state index contributed by atoms with van der Waals surface area (Å²) in [5.74, 6) is 5.84. The fraction of sp³-hybridized carbons (Fsp3) is 0.200. The number of hydrogen-bond donors (Lipinski definition) is 2. The van der Waals surface area contributed by atoms with E-state index in [1.54, 1.807) is 13.0 Å². The molecule has 1 aromatic rings. The van der Waals surface area contributed by atoms with Gasteiger partial charge in [-0.2, -0.15) is 12.6 Å². The van der Waals surface area contributed by atoms with Gasteiger partial charge in [0.15, 0.2) is 0 Å². The van der Waals surface area contributed by atoms with Gasteiger partial charge in [-0.05, 0) is 18.6 Å². The smallest absolute Gasteiger partial charge is 0.293 e. The van der Waals surface area contributed by atoms with Crippen LogP contribution < -0.4 is 5.73 Å². The summed E-state index contributed by atoms with van der Waals surface area (Å²) < 4.78 is 0. The zero-order chi connectivity index (χ0) is 11.4. The van der Waals surface area contributed by atoms with Gasteiger partial charge in [0, 0.05) is 6.07 Å². The Morgan fingerprint density at radius 3 is 2.80 bits per heavy atom. The largest absolute Gasteiger partial charge is 0.392 e. The van der Waals surface area contributed by atoms with Gasteiger partial charge in [0.2, 0.25) is 0 Å². The first kappa shape index (κ1) is 11.4. The van der Waals surface area contributed by atoms with Crippen LogP contribution in [-0.4, -0.2) is 10.7 Å². The van der Waals surface area contributed by atoms with Crippen LogP contribution in [0.3, 0.4) is 0 Å². The molecule has 0 spiro atoms. The van der Waals surface area contributed by atoms with Crippen molar-refractivity contribution in [3.05, 3.63) is 33.4 Å². The summed E-state index contributed by atoms with van der Waals surface area (Å²) in [5, 5.41) is 10.7. The van der Waals surface area contributed by atoms with Crippen LogP contribution in [0.2, 0.25) is 0 Å². The Morgan fingerprint density at radius 1 is 1.60 bits per heavy atom. The molecular weight excluding hydrogens is 212 g/mol. The number of nitrogen functional groups attached to an aromatic ring is 1. The second-order valence-electron chi connectivity index (χ2n) is 2.96. The predicted octanol–water partition coefficient (Wildman–Crippen LogP) is 1.77. The lowest BCUT2D eigenvalue weighted by Gasteiger charge is -2.01. The molecule has 0 aliphatic rings. The molecule has 0 saturated heterocycles. The molecule has 5 heteroatoms. The number of nitrogens with zero attached hydrogens (tertiary/aromatic N) is 1. The first-order chi connectivity index (χ1) is 7.06. The molecule has 1 rings (SSSR count). The molecule has 15 heavy (non-hydrogen) atoms. The number of nitrogens with two attached hydrogens (primary N) is 1. The number of benzene rings is 1. The van der Waals surface area contributed by atoms with E-state index in [0.29, 0.717) is 11.3 Å². The van der Waals surface area contributed by atoms with Gasteiger partial charge >= 0.3 is 0 Å². The lowest BCUT2D eigenvalue weighted by atomic mass is 10.1. The zero-order valence-corrected chi connectivity index (χ0v) is 9.04. The maximum absolute atomic E-state index is 10.7. The zero-order valence-electron chi connectivity index (χ0n) is 8.15. The second kappa shape index (κ2) is 4.71. The van der Waals surface area contributed by atoms with Crippen molar-refractivity contribution in [3.63, 3.8) is 0 Å². The maximum atomic E-state index is 10.7. The minimum atomic E-state index is -0.506. The summed E-state index contributed by atoms with van der Waals surface area (Å²) in [7, 11) is 0. The molecule has 0 atom stereocenters. The van der Waals surface area contributed by atoms with E-state index in [9.17, 15) is 10.1 Å². The Labute approximate surface area is 93.0 Å². The van der Waals surface area contributed by atoms with Gasteiger partial charge in [-0.1, -0.05) is 11.8 Å². The topological polar surface area (TPSA) is 69.2 Å². The Hall–Kier alpha value is -1.67. The summed E-state index contributed by atoms with van der Waals surface area (Å²) in [6.45, 7) is 1.76. The van der Waals surface area contributed by atoms with Crippen LogP contribution in [0, 0.1) is 28.9 Å². The van der Waals surface area contributed by atoms with E-state index in [0.717, 1.165) is 5.56 Å². The van der Waals surface area contributed by atoms with Gasteiger partial charge in [-0.3, -0.25) is 10.1 Å². The van der Waals surface area contributed by atoms with E-state index in [-0.39, 0.29) is 11.4 Å². The molecule has 0 radical (unpaired) electrons. The molecule has 0 aromatic heterocycles. The highest BCUT2D eigenvalue weighted by Crippen LogP contribution is 2.26. The minimum absolute atomic E-state index is 0.0986. The van der Waals surface area contributed by atoms with Gasteiger partial charge in [0.25, 0.3) is 5.69 Å². The summed E-state index contributed by atoms with van der Waals surface area (Å²) in [6, 6.07) is 3.15. The molecule has 0 amide bonds. The number of rotatable bonds is 1. The summed E-state index contributed by atoms with van der Waals surface area (Å²) in [6.07, 6.45) is 0. The summed E-state index contributed by atoms with van der Waals surface area (Å²) in [5.41, 5.74) is 6.88. The molecule has 0 aliphatic carbocycles. The molecule has 0 aliphatic heterocycles. The molecule has 0 bridgehead atoms. The molecule has 0 saturated carbocycles. The predicted molar refractivity (Wildman–Crippen MR) is 63.0 cm³/mol. The fourth-order valence-electron chi connectivity index (χ4n) is 1.17. The molecular formula is C10H10N2O2S. The Morgan fingerprint density at radius 2 is 2.27 bits per heavy atom. The summed E-state index contributed by atoms with van der Waals surface area (Å²) >= 11 is 3.93. The molecule has 1 aromatic carbocycles. The van der Waals surface area contributed by atoms with Crippen molar-refractivity contribution >= 4 is 24.0 Å². The molecule has 0 fully saturated rings. The number of thiol groups is 1. The molecule has 0 unspecified atom stereocenters. The van der Waals surface area contributed by atoms with Crippen LogP contribution in [0.5, 0.6) is 0 Å². The van der Waals surface area contributed by atoms with Crippen molar-refractivity contribution in [2.24, 2.45) is 0 Å². The van der Waals surface area contributed by atoms with Gasteiger partial charge < -0.3 is 5.73 Å². The van der Waals surface area contributed by atoms with Crippen LogP contribution in [-0.2, 0) is 0 Å². The Balaban J connectivity index is 3.34. The Kier molecular flexibility index (Phi) is 3.58. The highest BCUT2D eigenvalue weighted by Gasteiger charge is 2.14. The fourth-order valence-corrected chi connectivity index (χ4v) is 1.25.